The van der Waals surface area contributed by atoms with E-state index in [1.165, 1.54) is 17.5 Å². The number of aliphatic carboxylic acids is 1. The first-order valence-electron chi connectivity index (χ1n) is 12.6. The molecule has 9 heteroatoms. The van der Waals surface area contributed by atoms with Crippen molar-refractivity contribution in [3.8, 4) is 11.1 Å². The topological polar surface area (TPSA) is 115 Å². The van der Waals surface area contributed by atoms with Crippen LogP contribution in [0.25, 0.3) is 11.1 Å². The lowest BCUT2D eigenvalue weighted by molar-refractivity contribution is -0.137. The number of rotatable bonds is 11. The molecule has 1 aliphatic rings. The molecule has 2 aromatic carbocycles. The van der Waals surface area contributed by atoms with Gasteiger partial charge in [0.25, 0.3) is 5.56 Å². The Hall–Kier alpha value is -3.85. The second kappa shape index (κ2) is 11.5. The highest BCUT2D eigenvalue weighted by Gasteiger charge is 2.26. The number of hydrogen-bond acceptors (Lipinski definition) is 5. The molecule has 1 heterocycles. The van der Waals surface area contributed by atoms with Crippen LogP contribution < -0.4 is 16.2 Å². The number of hydrogen-bond donors (Lipinski definition) is 3. The van der Waals surface area contributed by atoms with Gasteiger partial charge in [-0.1, -0.05) is 67.4 Å². The number of anilines is 1. The molecule has 196 valence electrons. The normalized spacial score (nSPS) is 14.7. The Morgan fingerprint density at radius 3 is 2.35 bits per heavy atom. The predicted octanol–water partition coefficient (Wildman–Crippen LogP) is 4.43. The van der Waals surface area contributed by atoms with E-state index in [1.54, 1.807) is 25.7 Å². The van der Waals surface area contributed by atoms with E-state index in [0.717, 1.165) is 17.5 Å². The summed E-state index contributed by atoms with van der Waals surface area (Å²) in [5.41, 5.74) is 2.63. The van der Waals surface area contributed by atoms with Gasteiger partial charge in [0.15, 0.2) is 0 Å². The van der Waals surface area contributed by atoms with Crippen LogP contribution in [-0.2, 0) is 30.2 Å². The van der Waals surface area contributed by atoms with E-state index in [4.69, 9.17) is 4.74 Å². The van der Waals surface area contributed by atoms with Crippen molar-refractivity contribution >= 4 is 17.9 Å². The molecule has 9 nitrogen and oxygen atoms in total. The molecule has 1 saturated carbocycles. The van der Waals surface area contributed by atoms with Crippen molar-refractivity contribution in [2.45, 2.75) is 51.3 Å². The summed E-state index contributed by atoms with van der Waals surface area (Å²) in [5.74, 6) is 0.168. The van der Waals surface area contributed by atoms with E-state index in [2.05, 4.69) is 10.6 Å². The van der Waals surface area contributed by atoms with Gasteiger partial charge >= 0.3 is 12.1 Å². The Morgan fingerprint density at radius 2 is 1.73 bits per heavy atom. The molecule has 0 spiro atoms. The maximum Gasteiger partial charge on any atom is 0.413 e. The number of aromatic nitrogens is 2. The minimum Gasteiger partial charge on any atom is -0.481 e. The lowest BCUT2D eigenvalue weighted by Crippen LogP contribution is -2.31. The highest BCUT2D eigenvalue weighted by atomic mass is 16.6. The van der Waals surface area contributed by atoms with Crippen LogP contribution >= 0.6 is 0 Å². The van der Waals surface area contributed by atoms with E-state index in [-0.39, 0.29) is 18.0 Å². The van der Waals surface area contributed by atoms with E-state index in [9.17, 15) is 19.5 Å². The van der Waals surface area contributed by atoms with Crippen molar-refractivity contribution in [1.29, 1.82) is 0 Å². The van der Waals surface area contributed by atoms with Gasteiger partial charge in [0.05, 0.1) is 12.0 Å². The Labute approximate surface area is 216 Å². The monoisotopic (exact) mass is 506 g/mol. The van der Waals surface area contributed by atoms with Gasteiger partial charge in [-0.3, -0.25) is 24.3 Å². The highest BCUT2D eigenvalue weighted by molar-refractivity contribution is 5.90. The van der Waals surface area contributed by atoms with Gasteiger partial charge in [-0.15, -0.1) is 0 Å². The minimum atomic E-state index is -0.801. The molecule has 1 amide bonds. The molecule has 1 aromatic heterocycles. The average molecular weight is 507 g/mol. The molecule has 4 rings (SSSR count). The number of nitrogens with one attached hydrogen (secondary N) is 2. The fourth-order valence-electron chi connectivity index (χ4n) is 4.45. The number of carboxylic acids is 1. The second-order valence-electron chi connectivity index (χ2n) is 9.71. The van der Waals surface area contributed by atoms with E-state index < -0.39 is 18.2 Å². The van der Waals surface area contributed by atoms with Gasteiger partial charge in [0, 0.05) is 26.7 Å². The molecule has 0 aliphatic heterocycles. The zero-order chi connectivity index (χ0) is 26.5. The summed E-state index contributed by atoms with van der Waals surface area (Å²) in [6, 6.07) is 16.8. The standard InChI is InChI=1S/C28H34N4O5/c1-18(21-7-5-4-6-8-21)37-28(36)30-26-25(27(35)32(3)31(26)2)22-13-11-20(12-14-22)17-29-23(16-24(33)34)15-19-9-10-19/h4-8,11-14,18-19,23,29H,9-10,15-17H2,1-3H3,(H,30,36)(H,33,34). The molecule has 0 radical (unpaired) electrons. The molecule has 3 N–H and O–H groups in total. The number of amides is 1. The highest BCUT2D eigenvalue weighted by Crippen LogP contribution is 2.34. The molecule has 0 saturated heterocycles. The van der Waals surface area contributed by atoms with Crippen LogP contribution in [0.15, 0.2) is 59.4 Å². The molecular formula is C28H34N4O5. The number of carboxylic acid groups (broad SMARTS) is 1. The molecule has 1 fully saturated rings. The van der Waals surface area contributed by atoms with Crippen molar-refractivity contribution < 1.29 is 19.4 Å². The van der Waals surface area contributed by atoms with Crippen molar-refractivity contribution in [1.82, 2.24) is 14.7 Å². The molecule has 0 bridgehead atoms. The summed E-state index contributed by atoms with van der Waals surface area (Å²) in [7, 11) is 3.33. The van der Waals surface area contributed by atoms with Crippen LogP contribution in [0.4, 0.5) is 10.6 Å². The molecule has 37 heavy (non-hydrogen) atoms. The van der Waals surface area contributed by atoms with Crippen LogP contribution in [0.3, 0.4) is 0 Å². The smallest absolute Gasteiger partial charge is 0.413 e. The molecular weight excluding hydrogens is 472 g/mol. The first kappa shape index (κ1) is 26.2. The third kappa shape index (κ3) is 6.68. The quantitative estimate of drug-likeness (QED) is 0.354. The molecule has 3 aromatic rings. The first-order valence-corrected chi connectivity index (χ1v) is 12.6. The third-order valence-electron chi connectivity index (χ3n) is 6.86. The largest absolute Gasteiger partial charge is 0.481 e. The summed E-state index contributed by atoms with van der Waals surface area (Å²) >= 11 is 0. The van der Waals surface area contributed by atoms with Gasteiger partial charge in [0.1, 0.15) is 11.9 Å². The molecule has 1 aliphatic carbocycles. The Morgan fingerprint density at radius 1 is 1.05 bits per heavy atom. The Kier molecular flexibility index (Phi) is 8.13. The summed E-state index contributed by atoms with van der Waals surface area (Å²) in [6.45, 7) is 2.32. The average Bonchev–Trinajstić information content (AvgIpc) is 3.67. The zero-order valence-electron chi connectivity index (χ0n) is 21.4. The number of benzene rings is 2. The van der Waals surface area contributed by atoms with Gasteiger partial charge in [-0.25, -0.2) is 4.79 Å². The van der Waals surface area contributed by atoms with Gasteiger partial charge in [-0.2, -0.15) is 0 Å². The van der Waals surface area contributed by atoms with Crippen LogP contribution in [0.2, 0.25) is 0 Å². The number of carbonyl (C=O) groups excluding carboxylic acids is 1. The minimum absolute atomic E-state index is 0.0637. The van der Waals surface area contributed by atoms with Gasteiger partial charge in [-0.05, 0) is 36.0 Å². The SMILES string of the molecule is CC(OC(=O)Nc1c(-c2ccc(CNC(CC(=O)O)CC3CC3)cc2)c(=O)n(C)n1C)c1ccccc1. The van der Waals surface area contributed by atoms with Crippen molar-refractivity contribution in [3.63, 3.8) is 0 Å². The maximum absolute atomic E-state index is 13.0. The fraction of sp³-hybridized carbons (Fsp3) is 0.393. The van der Waals surface area contributed by atoms with E-state index in [0.29, 0.717) is 29.4 Å². The van der Waals surface area contributed by atoms with Crippen LogP contribution in [0, 0.1) is 5.92 Å². The summed E-state index contributed by atoms with van der Waals surface area (Å²) in [5, 5.41) is 15.3. The number of carbonyl (C=O) groups is 2. The second-order valence-corrected chi connectivity index (χ2v) is 9.71. The van der Waals surface area contributed by atoms with Gasteiger partial charge in [0.2, 0.25) is 0 Å². The maximum atomic E-state index is 13.0. The van der Waals surface area contributed by atoms with Crippen molar-refractivity contribution in [2.75, 3.05) is 5.32 Å². The van der Waals surface area contributed by atoms with Crippen molar-refractivity contribution in [3.05, 3.63) is 76.1 Å². The summed E-state index contributed by atoms with van der Waals surface area (Å²) < 4.78 is 8.55. The van der Waals surface area contributed by atoms with Gasteiger partial charge < -0.3 is 15.2 Å². The Balaban J connectivity index is 1.46. The van der Waals surface area contributed by atoms with E-state index >= 15 is 0 Å². The first-order chi connectivity index (χ1) is 17.7. The molecule has 2 unspecified atom stereocenters. The molecule has 2 atom stereocenters. The summed E-state index contributed by atoms with van der Waals surface area (Å²) in [6.07, 6.45) is 2.21. The van der Waals surface area contributed by atoms with E-state index in [1.807, 2.05) is 54.6 Å². The predicted molar refractivity (Wildman–Crippen MR) is 141 cm³/mol. The lowest BCUT2D eigenvalue weighted by atomic mass is 10.0. The van der Waals surface area contributed by atoms with Crippen LogP contribution in [0.1, 0.15) is 49.8 Å². The fourth-order valence-corrected chi connectivity index (χ4v) is 4.45. The zero-order valence-corrected chi connectivity index (χ0v) is 21.4. The lowest BCUT2D eigenvalue weighted by Gasteiger charge is -2.17. The number of ether oxygens (including phenoxy) is 1. The van der Waals surface area contributed by atoms with Crippen LogP contribution in [-0.4, -0.2) is 32.6 Å². The number of nitrogens with zero attached hydrogens (tertiary/aromatic N) is 2. The third-order valence-corrected chi connectivity index (χ3v) is 6.86. The Bertz CT molecular complexity index is 1290. The van der Waals surface area contributed by atoms with Crippen LogP contribution in [0.5, 0.6) is 0 Å². The van der Waals surface area contributed by atoms with Crippen molar-refractivity contribution in [2.24, 2.45) is 20.0 Å². The summed E-state index contributed by atoms with van der Waals surface area (Å²) in [4.78, 5) is 36.9.